The van der Waals surface area contributed by atoms with Crippen LogP contribution in [0.5, 0.6) is 0 Å². The molecule has 3 aliphatic heterocycles. The maximum atomic E-state index is 3.76. The average molecular weight is 250 g/mol. The monoisotopic (exact) mass is 250 g/mol. The lowest BCUT2D eigenvalue weighted by atomic mass is 9.83. The van der Waals surface area contributed by atoms with E-state index >= 15 is 0 Å². The molecule has 2 atom stereocenters. The van der Waals surface area contributed by atoms with Crippen LogP contribution >= 0.6 is 0 Å². The highest BCUT2D eigenvalue weighted by Crippen LogP contribution is 2.34. The smallest absolute Gasteiger partial charge is 0.00728 e. The predicted octanol–water partition coefficient (Wildman–Crippen LogP) is 3.03. The van der Waals surface area contributed by atoms with E-state index < -0.39 is 0 Å². The van der Waals surface area contributed by atoms with Gasteiger partial charge >= 0.3 is 0 Å². The Morgan fingerprint density at radius 1 is 1.17 bits per heavy atom. The van der Waals surface area contributed by atoms with Crippen LogP contribution in [0.1, 0.15) is 58.8 Å². The SMILES string of the molecule is CC1(C)CCCN(CCC2CC3CCC(C2)N3)C1. The topological polar surface area (TPSA) is 15.3 Å². The minimum atomic E-state index is 0.561. The third-order valence-electron chi connectivity index (χ3n) is 5.40. The summed E-state index contributed by atoms with van der Waals surface area (Å²) < 4.78 is 0. The van der Waals surface area contributed by atoms with Crippen molar-refractivity contribution in [3.63, 3.8) is 0 Å². The van der Waals surface area contributed by atoms with Crippen LogP contribution in [0.15, 0.2) is 0 Å². The normalized spacial score (nSPS) is 40.0. The molecule has 0 amide bonds. The second-order valence-corrected chi connectivity index (χ2v) is 7.81. The van der Waals surface area contributed by atoms with Crippen molar-refractivity contribution in [2.24, 2.45) is 11.3 Å². The first-order valence-corrected chi connectivity index (χ1v) is 8.09. The highest BCUT2D eigenvalue weighted by Gasteiger charge is 2.33. The largest absolute Gasteiger partial charge is 0.311 e. The molecule has 18 heavy (non-hydrogen) atoms. The molecule has 0 aromatic heterocycles. The van der Waals surface area contributed by atoms with Crippen LogP contribution in [0.25, 0.3) is 0 Å². The Bertz CT molecular complexity index is 273. The van der Waals surface area contributed by atoms with Gasteiger partial charge in [0, 0.05) is 18.6 Å². The van der Waals surface area contributed by atoms with Crippen molar-refractivity contribution in [3.8, 4) is 0 Å². The molecular formula is C16H30N2. The van der Waals surface area contributed by atoms with Crippen LogP contribution in [0.4, 0.5) is 0 Å². The van der Waals surface area contributed by atoms with Gasteiger partial charge in [0.1, 0.15) is 0 Å². The van der Waals surface area contributed by atoms with Gasteiger partial charge in [0.05, 0.1) is 0 Å². The number of nitrogens with one attached hydrogen (secondary N) is 1. The summed E-state index contributed by atoms with van der Waals surface area (Å²) in [4.78, 5) is 2.73. The summed E-state index contributed by atoms with van der Waals surface area (Å²) in [5, 5.41) is 3.76. The highest BCUT2D eigenvalue weighted by molar-refractivity contribution is 4.92. The van der Waals surface area contributed by atoms with Gasteiger partial charge in [-0.3, -0.25) is 0 Å². The zero-order chi connectivity index (χ0) is 12.6. The van der Waals surface area contributed by atoms with Gasteiger partial charge in [0.25, 0.3) is 0 Å². The summed E-state index contributed by atoms with van der Waals surface area (Å²) in [6.07, 6.45) is 10.1. The summed E-state index contributed by atoms with van der Waals surface area (Å²) in [6.45, 7) is 8.90. The van der Waals surface area contributed by atoms with Crippen LogP contribution in [0.3, 0.4) is 0 Å². The molecule has 0 radical (unpaired) electrons. The van der Waals surface area contributed by atoms with Gasteiger partial charge in [-0.15, -0.1) is 0 Å². The van der Waals surface area contributed by atoms with Gasteiger partial charge in [-0.25, -0.2) is 0 Å². The summed E-state index contributed by atoms with van der Waals surface area (Å²) in [5.41, 5.74) is 0.561. The van der Waals surface area contributed by atoms with Crippen molar-refractivity contribution in [1.82, 2.24) is 10.2 Å². The molecular weight excluding hydrogens is 220 g/mol. The molecule has 104 valence electrons. The van der Waals surface area contributed by atoms with E-state index in [1.165, 1.54) is 64.6 Å². The van der Waals surface area contributed by atoms with Crippen LogP contribution in [0.2, 0.25) is 0 Å². The van der Waals surface area contributed by atoms with E-state index in [1.54, 1.807) is 0 Å². The van der Waals surface area contributed by atoms with E-state index in [4.69, 9.17) is 0 Å². The van der Waals surface area contributed by atoms with Crippen molar-refractivity contribution >= 4 is 0 Å². The van der Waals surface area contributed by atoms with E-state index in [0.717, 1.165) is 18.0 Å². The fourth-order valence-corrected chi connectivity index (χ4v) is 4.51. The summed E-state index contributed by atoms with van der Waals surface area (Å²) >= 11 is 0. The molecule has 1 N–H and O–H groups in total. The van der Waals surface area contributed by atoms with E-state index in [1.807, 2.05) is 0 Å². The molecule has 3 rings (SSSR count). The molecule has 2 nitrogen and oxygen atoms in total. The Morgan fingerprint density at radius 3 is 2.56 bits per heavy atom. The van der Waals surface area contributed by atoms with Crippen LogP contribution in [-0.2, 0) is 0 Å². The number of piperidine rings is 2. The lowest BCUT2D eigenvalue weighted by Gasteiger charge is -2.39. The van der Waals surface area contributed by atoms with Crippen molar-refractivity contribution in [2.75, 3.05) is 19.6 Å². The molecule has 0 saturated carbocycles. The Balaban J connectivity index is 1.44. The number of fused-ring (bicyclic) bond motifs is 2. The molecule has 2 bridgehead atoms. The van der Waals surface area contributed by atoms with Gasteiger partial charge in [-0.05, 0) is 69.4 Å². The molecule has 2 unspecified atom stereocenters. The third kappa shape index (κ3) is 3.08. The quantitative estimate of drug-likeness (QED) is 0.828. The second-order valence-electron chi connectivity index (χ2n) is 7.81. The molecule has 2 heteroatoms. The highest BCUT2D eigenvalue weighted by atomic mass is 15.1. The molecule has 3 saturated heterocycles. The Labute approximate surface area is 113 Å². The van der Waals surface area contributed by atoms with Crippen molar-refractivity contribution in [2.45, 2.75) is 70.9 Å². The first-order valence-electron chi connectivity index (χ1n) is 8.09. The van der Waals surface area contributed by atoms with E-state index in [9.17, 15) is 0 Å². The van der Waals surface area contributed by atoms with Crippen molar-refractivity contribution in [1.29, 1.82) is 0 Å². The molecule has 0 spiro atoms. The zero-order valence-electron chi connectivity index (χ0n) is 12.3. The lowest BCUT2D eigenvalue weighted by molar-refractivity contribution is 0.107. The standard InChI is InChI=1S/C16H30N2/c1-16(2)7-3-8-18(12-16)9-6-13-10-14-4-5-15(11-13)17-14/h13-15,17H,3-12H2,1-2H3. The maximum Gasteiger partial charge on any atom is 0.00728 e. The minimum Gasteiger partial charge on any atom is -0.311 e. The molecule has 3 aliphatic rings. The maximum absolute atomic E-state index is 3.76. The fourth-order valence-electron chi connectivity index (χ4n) is 4.51. The average Bonchev–Trinajstić information content (AvgIpc) is 2.65. The van der Waals surface area contributed by atoms with Crippen LogP contribution in [-0.4, -0.2) is 36.6 Å². The summed E-state index contributed by atoms with van der Waals surface area (Å²) in [7, 11) is 0. The van der Waals surface area contributed by atoms with Gasteiger partial charge in [0.15, 0.2) is 0 Å². The molecule has 0 aliphatic carbocycles. The van der Waals surface area contributed by atoms with Gasteiger partial charge in [0.2, 0.25) is 0 Å². The van der Waals surface area contributed by atoms with Gasteiger partial charge in [-0.1, -0.05) is 13.8 Å². The second kappa shape index (κ2) is 5.13. The fraction of sp³-hybridized carbons (Fsp3) is 1.00. The van der Waals surface area contributed by atoms with E-state index in [-0.39, 0.29) is 0 Å². The number of hydrogen-bond donors (Lipinski definition) is 1. The van der Waals surface area contributed by atoms with E-state index in [2.05, 4.69) is 24.1 Å². The zero-order valence-corrected chi connectivity index (χ0v) is 12.3. The number of nitrogens with zero attached hydrogens (tertiary/aromatic N) is 1. The Hall–Kier alpha value is -0.0800. The first kappa shape index (κ1) is 12.9. The number of hydrogen-bond acceptors (Lipinski definition) is 2. The molecule has 3 heterocycles. The predicted molar refractivity (Wildman–Crippen MR) is 76.7 cm³/mol. The first-order chi connectivity index (χ1) is 8.61. The van der Waals surface area contributed by atoms with Crippen LogP contribution < -0.4 is 5.32 Å². The number of rotatable bonds is 3. The molecule has 3 fully saturated rings. The molecule has 0 aromatic carbocycles. The van der Waals surface area contributed by atoms with Crippen molar-refractivity contribution < 1.29 is 0 Å². The Morgan fingerprint density at radius 2 is 1.89 bits per heavy atom. The Kier molecular flexibility index (Phi) is 3.68. The summed E-state index contributed by atoms with van der Waals surface area (Å²) in [6, 6.07) is 1.73. The van der Waals surface area contributed by atoms with Gasteiger partial charge < -0.3 is 10.2 Å². The van der Waals surface area contributed by atoms with Gasteiger partial charge in [-0.2, -0.15) is 0 Å². The lowest BCUT2D eigenvalue weighted by Crippen LogP contribution is -2.42. The van der Waals surface area contributed by atoms with Crippen molar-refractivity contribution in [3.05, 3.63) is 0 Å². The summed E-state index contributed by atoms with van der Waals surface area (Å²) in [5.74, 6) is 1.01. The third-order valence-corrected chi connectivity index (χ3v) is 5.40. The molecule has 0 aromatic rings. The van der Waals surface area contributed by atoms with Crippen LogP contribution in [0, 0.1) is 11.3 Å². The van der Waals surface area contributed by atoms with E-state index in [0.29, 0.717) is 5.41 Å². The number of likely N-dealkylation sites (tertiary alicyclic amines) is 1. The minimum absolute atomic E-state index is 0.561.